The highest BCUT2D eigenvalue weighted by Crippen LogP contribution is 2.20. The van der Waals surface area contributed by atoms with E-state index in [1.807, 2.05) is 25.1 Å². The van der Waals surface area contributed by atoms with Crippen molar-refractivity contribution in [1.29, 1.82) is 0 Å². The van der Waals surface area contributed by atoms with Crippen LogP contribution in [0.15, 0.2) is 28.9 Å². The quantitative estimate of drug-likeness (QED) is 0.629. The van der Waals surface area contributed by atoms with E-state index in [9.17, 15) is 4.79 Å². The zero-order valence-corrected chi connectivity index (χ0v) is 10.8. The molecule has 0 unspecified atom stereocenters. The molecule has 0 aliphatic carbocycles. The summed E-state index contributed by atoms with van der Waals surface area (Å²) < 4.78 is 10.4. The van der Waals surface area contributed by atoms with Gasteiger partial charge in [-0.1, -0.05) is 6.07 Å². The number of carbonyl (C=O) groups is 1. The average molecular weight is 285 g/mol. The van der Waals surface area contributed by atoms with Crippen LogP contribution in [-0.2, 0) is 9.47 Å². The Morgan fingerprint density at radius 3 is 2.81 bits per heavy atom. The second-order valence-corrected chi connectivity index (χ2v) is 3.84. The largest absolute Gasteiger partial charge is 0.501 e. The van der Waals surface area contributed by atoms with Crippen molar-refractivity contribution in [2.75, 3.05) is 13.7 Å². The molecule has 86 valence electrons. The van der Waals surface area contributed by atoms with Crippen LogP contribution in [0.25, 0.3) is 6.08 Å². The van der Waals surface area contributed by atoms with Crippen LogP contribution >= 0.6 is 15.9 Å². The molecule has 4 heteroatoms. The minimum atomic E-state index is -0.354. The van der Waals surface area contributed by atoms with Gasteiger partial charge in [0.2, 0.25) is 0 Å². The Labute approximate surface area is 103 Å². The summed E-state index contributed by atoms with van der Waals surface area (Å²) in [5, 5.41) is 0. The van der Waals surface area contributed by atoms with Gasteiger partial charge < -0.3 is 9.47 Å². The molecule has 0 spiro atoms. The van der Waals surface area contributed by atoms with E-state index in [1.165, 1.54) is 7.11 Å². The average Bonchev–Trinajstić information content (AvgIpc) is 2.29. The monoisotopic (exact) mass is 284 g/mol. The van der Waals surface area contributed by atoms with Gasteiger partial charge in [-0.25, -0.2) is 4.79 Å². The summed E-state index contributed by atoms with van der Waals surface area (Å²) in [5.41, 5.74) is 1.46. The maximum absolute atomic E-state index is 11.3. The first-order valence-electron chi connectivity index (χ1n) is 4.85. The van der Waals surface area contributed by atoms with Crippen molar-refractivity contribution in [2.24, 2.45) is 0 Å². The van der Waals surface area contributed by atoms with Crippen LogP contribution in [-0.4, -0.2) is 19.7 Å². The minimum absolute atomic E-state index is 0.354. The highest BCUT2D eigenvalue weighted by Gasteiger charge is 2.09. The van der Waals surface area contributed by atoms with Crippen molar-refractivity contribution in [1.82, 2.24) is 0 Å². The van der Waals surface area contributed by atoms with E-state index in [0.717, 1.165) is 5.56 Å². The number of ether oxygens (including phenoxy) is 2. The molecule has 0 aliphatic rings. The van der Waals surface area contributed by atoms with Gasteiger partial charge >= 0.3 is 5.97 Å². The van der Waals surface area contributed by atoms with Gasteiger partial charge in [-0.15, -0.1) is 0 Å². The van der Waals surface area contributed by atoms with Gasteiger partial charge in [0.25, 0.3) is 0 Å². The Bertz CT molecular complexity index is 399. The predicted octanol–water partition coefficient (Wildman–Crippen LogP) is 3.24. The summed E-state index contributed by atoms with van der Waals surface area (Å²) in [5.74, 6) is -0.354. The van der Waals surface area contributed by atoms with Gasteiger partial charge in [0.1, 0.15) is 0 Å². The first kappa shape index (κ1) is 12.8. The predicted molar refractivity (Wildman–Crippen MR) is 66.1 cm³/mol. The molecular weight excluding hydrogens is 272 g/mol. The van der Waals surface area contributed by atoms with Crippen LogP contribution in [0.3, 0.4) is 0 Å². The molecule has 0 aromatic heterocycles. The smallest absolute Gasteiger partial charge is 0.339 e. The molecule has 0 fully saturated rings. The zero-order chi connectivity index (χ0) is 12.0. The van der Waals surface area contributed by atoms with Crippen LogP contribution < -0.4 is 0 Å². The fourth-order valence-corrected chi connectivity index (χ4v) is 1.69. The lowest BCUT2D eigenvalue weighted by Gasteiger charge is -2.03. The van der Waals surface area contributed by atoms with Crippen molar-refractivity contribution in [2.45, 2.75) is 6.92 Å². The summed E-state index contributed by atoms with van der Waals surface area (Å²) in [6, 6.07) is 5.37. The van der Waals surface area contributed by atoms with Gasteiger partial charge in [0.15, 0.2) is 0 Å². The fourth-order valence-electron chi connectivity index (χ4n) is 1.13. The van der Waals surface area contributed by atoms with E-state index in [0.29, 0.717) is 16.6 Å². The van der Waals surface area contributed by atoms with Crippen molar-refractivity contribution in [3.05, 3.63) is 40.1 Å². The number of rotatable bonds is 4. The van der Waals surface area contributed by atoms with E-state index in [1.54, 1.807) is 12.3 Å². The van der Waals surface area contributed by atoms with Crippen molar-refractivity contribution < 1.29 is 14.3 Å². The lowest BCUT2D eigenvalue weighted by molar-refractivity contribution is 0.0599. The number of hydrogen-bond donors (Lipinski definition) is 0. The van der Waals surface area contributed by atoms with E-state index in [-0.39, 0.29) is 5.97 Å². The van der Waals surface area contributed by atoms with Gasteiger partial charge in [0, 0.05) is 4.47 Å². The van der Waals surface area contributed by atoms with E-state index < -0.39 is 0 Å². The maximum atomic E-state index is 11.3. The third kappa shape index (κ3) is 3.38. The van der Waals surface area contributed by atoms with E-state index in [2.05, 4.69) is 20.7 Å². The molecular formula is C12H13BrO3. The zero-order valence-electron chi connectivity index (χ0n) is 9.20. The minimum Gasteiger partial charge on any atom is -0.501 e. The summed E-state index contributed by atoms with van der Waals surface area (Å²) in [6.45, 7) is 2.55. The van der Waals surface area contributed by atoms with Gasteiger partial charge in [0.05, 0.1) is 25.5 Å². The molecule has 0 radical (unpaired) electrons. The van der Waals surface area contributed by atoms with Crippen LogP contribution in [0.4, 0.5) is 0 Å². The molecule has 0 saturated carbocycles. The maximum Gasteiger partial charge on any atom is 0.339 e. The first-order valence-corrected chi connectivity index (χ1v) is 5.64. The van der Waals surface area contributed by atoms with Gasteiger partial charge in [-0.05, 0) is 46.6 Å². The second-order valence-electron chi connectivity index (χ2n) is 2.99. The van der Waals surface area contributed by atoms with E-state index >= 15 is 0 Å². The number of carbonyl (C=O) groups excluding carboxylic acids is 1. The molecule has 3 nitrogen and oxygen atoms in total. The van der Waals surface area contributed by atoms with E-state index in [4.69, 9.17) is 4.74 Å². The Morgan fingerprint density at radius 1 is 1.50 bits per heavy atom. The molecule has 0 saturated heterocycles. The standard InChI is InChI=1S/C12H13BrO3/c1-3-16-7-6-9-4-5-10(11(13)8-9)12(14)15-2/h4-8H,3H2,1-2H3/b7-6+. The van der Waals surface area contributed by atoms with Crippen LogP contribution in [0.2, 0.25) is 0 Å². The third-order valence-electron chi connectivity index (χ3n) is 1.92. The second kappa shape index (κ2) is 6.33. The summed E-state index contributed by atoms with van der Waals surface area (Å²) in [6.07, 6.45) is 3.45. The number of benzene rings is 1. The molecule has 1 rings (SSSR count). The van der Waals surface area contributed by atoms with Crippen molar-refractivity contribution in [3.8, 4) is 0 Å². The number of hydrogen-bond acceptors (Lipinski definition) is 3. The fraction of sp³-hybridized carbons (Fsp3) is 0.250. The molecule has 0 aliphatic heterocycles. The summed E-state index contributed by atoms with van der Waals surface area (Å²) in [4.78, 5) is 11.3. The first-order chi connectivity index (χ1) is 7.69. The molecule has 0 N–H and O–H groups in total. The Balaban J connectivity index is 2.86. The highest BCUT2D eigenvalue weighted by molar-refractivity contribution is 9.10. The number of halogens is 1. The molecule has 16 heavy (non-hydrogen) atoms. The van der Waals surface area contributed by atoms with Crippen LogP contribution in [0.1, 0.15) is 22.8 Å². The third-order valence-corrected chi connectivity index (χ3v) is 2.58. The summed E-state index contributed by atoms with van der Waals surface area (Å²) >= 11 is 3.32. The molecule has 0 amide bonds. The van der Waals surface area contributed by atoms with Crippen molar-refractivity contribution >= 4 is 28.0 Å². The Kier molecular flexibility index (Phi) is 5.05. The van der Waals surface area contributed by atoms with Gasteiger partial charge in [-0.2, -0.15) is 0 Å². The Hall–Kier alpha value is -1.29. The number of esters is 1. The highest BCUT2D eigenvalue weighted by atomic mass is 79.9. The van der Waals surface area contributed by atoms with Crippen LogP contribution in [0.5, 0.6) is 0 Å². The Morgan fingerprint density at radius 2 is 2.25 bits per heavy atom. The van der Waals surface area contributed by atoms with Crippen LogP contribution in [0, 0.1) is 0 Å². The van der Waals surface area contributed by atoms with Gasteiger partial charge in [-0.3, -0.25) is 0 Å². The lowest BCUT2D eigenvalue weighted by Crippen LogP contribution is -2.01. The molecule has 1 aromatic rings. The summed E-state index contributed by atoms with van der Waals surface area (Å²) in [7, 11) is 1.36. The lowest BCUT2D eigenvalue weighted by atomic mass is 10.1. The number of methoxy groups -OCH3 is 1. The topological polar surface area (TPSA) is 35.5 Å². The molecule has 0 bridgehead atoms. The molecule has 1 aromatic carbocycles. The SMILES string of the molecule is CCO/C=C/c1ccc(C(=O)OC)c(Br)c1. The normalized spacial score (nSPS) is 10.4. The van der Waals surface area contributed by atoms with Crippen molar-refractivity contribution in [3.63, 3.8) is 0 Å². The molecule has 0 heterocycles. The molecule has 0 atom stereocenters.